The number of nitrogens with zero attached hydrogens (tertiary/aromatic N) is 1. The normalized spacial score (nSPS) is 11.9. The molecule has 0 spiro atoms. The Bertz CT molecular complexity index is 418. The molecule has 0 amide bonds. The monoisotopic (exact) mass is 259 g/mol. The first-order valence-electron chi connectivity index (χ1n) is 3.78. The number of halogens is 6. The molecule has 2 nitrogen and oxygen atoms in total. The second kappa shape index (κ2) is 4.32. The van der Waals surface area contributed by atoms with Gasteiger partial charge in [0.2, 0.25) is 0 Å². The Morgan fingerprint density at radius 3 is 2.31 bits per heavy atom. The Hall–Kier alpha value is -1.24. The summed E-state index contributed by atoms with van der Waals surface area (Å²) in [7, 11) is 0. The Morgan fingerprint density at radius 2 is 1.94 bits per heavy atom. The first-order valence-corrected chi connectivity index (χ1v) is 4.15. The third kappa shape index (κ3) is 2.29. The fraction of sp³-hybridized carbons (Fsp3) is 0.250. The highest BCUT2D eigenvalue weighted by atomic mass is 35.5. The van der Waals surface area contributed by atoms with Crippen LogP contribution in [0.3, 0.4) is 0 Å². The molecule has 0 bridgehead atoms. The van der Waals surface area contributed by atoms with Crippen molar-refractivity contribution in [1.82, 2.24) is 4.98 Å². The van der Waals surface area contributed by atoms with Gasteiger partial charge in [0.05, 0.1) is 11.1 Å². The molecule has 88 valence electrons. The van der Waals surface area contributed by atoms with E-state index < -0.39 is 34.4 Å². The number of aromatic nitrogens is 1. The van der Waals surface area contributed by atoms with Crippen molar-refractivity contribution in [1.29, 1.82) is 0 Å². The Balaban J connectivity index is 3.61. The number of pyridine rings is 1. The molecule has 1 heterocycles. The average Bonchev–Trinajstić information content (AvgIpc) is 2.15. The van der Waals surface area contributed by atoms with Crippen molar-refractivity contribution >= 4 is 17.9 Å². The van der Waals surface area contributed by atoms with E-state index in [0.29, 0.717) is 6.20 Å². The van der Waals surface area contributed by atoms with Crippen molar-refractivity contribution in [3.05, 3.63) is 28.0 Å². The number of hydrogen-bond acceptors (Lipinski definition) is 2. The van der Waals surface area contributed by atoms with E-state index in [0.717, 1.165) is 0 Å². The van der Waals surface area contributed by atoms with E-state index in [9.17, 15) is 26.7 Å². The van der Waals surface area contributed by atoms with Gasteiger partial charge in [-0.15, -0.1) is 0 Å². The zero-order valence-corrected chi connectivity index (χ0v) is 8.11. The first kappa shape index (κ1) is 12.8. The van der Waals surface area contributed by atoms with Gasteiger partial charge in [0, 0.05) is 11.8 Å². The molecule has 0 aliphatic carbocycles. The summed E-state index contributed by atoms with van der Waals surface area (Å²) >= 11 is 5.22. The maximum Gasteiger partial charge on any atom is 0.417 e. The van der Waals surface area contributed by atoms with Crippen molar-refractivity contribution < 1.29 is 26.7 Å². The van der Waals surface area contributed by atoms with Gasteiger partial charge in [0.1, 0.15) is 5.15 Å². The highest BCUT2D eigenvalue weighted by Gasteiger charge is 2.39. The van der Waals surface area contributed by atoms with Gasteiger partial charge in [-0.1, -0.05) is 11.6 Å². The van der Waals surface area contributed by atoms with E-state index in [1.165, 1.54) is 0 Å². The lowest BCUT2D eigenvalue weighted by molar-refractivity contribution is -0.139. The summed E-state index contributed by atoms with van der Waals surface area (Å²) in [4.78, 5) is 13.5. The molecule has 0 saturated carbocycles. The molecule has 0 N–H and O–H groups in total. The van der Waals surface area contributed by atoms with Crippen LogP contribution in [0.5, 0.6) is 0 Å². The number of carbonyl (C=O) groups is 1. The van der Waals surface area contributed by atoms with Crippen molar-refractivity contribution in [2.75, 3.05) is 0 Å². The second-order valence-corrected chi connectivity index (χ2v) is 3.07. The molecule has 1 aromatic rings. The van der Waals surface area contributed by atoms with Gasteiger partial charge in [0.15, 0.2) is 6.29 Å². The maximum atomic E-state index is 12.5. The van der Waals surface area contributed by atoms with Crippen molar-refractivity contribution in [3.63, 3.8) is 0 Å². The summed E-state index contributed by atoms with van der Waals surface area (Å²) in [6.45, 7) is 0. The number of aldehydes is 1. The van der Waals surface area contributed by atoms with Crippen LogP contribution in [0, 0.1) is 0 Å². The van der Waals surface area contributed by atoms with Crippen molar-refractivity contribution in [2.24, 2.45) is 0 Å². The summed E-state index contributed by atoms with van der Waals surface area (Å²) < 4.78 is 62.0. The zero-order chi connectivity index (χ0) is 12.5. The number of alkyl halides is 5. The van der Waals surface area contributed by atoms with E-state index >= 15 is 0 Å². The van der Waals surface area contributed by atoms with Crippen molar-refractivity contribution in [3.8, 4) is 0 Å². The summed E-state index contributed by atoms with van der Waals surface area (Å²) in [5, 5.41) is -0.758. The third-order valence-electron chi connectivity index (χ3n) is 1.73. The van der Waals surface area contributed by atoms with Crippen LogP contribution in [0.4, 0.5) is 22.0 Å². The zero-order valence-electron chi connectivity index (χ0n) is 7.36. The van der Waals surface area contributed by atoms with Gasteiger partial charge < -0.3 is 0 Å². The summed E-state index contributed by atoms with van der Waals surface area (Å²) in [6.07, 6.45) is -8.42. The molecule has 0 aromatic carbocycles. The minimum atomic E-state index is -5.09. The minimum absolute atomic E-state index is 0.246. The molecule has 0 atom stereocenters. The van der Waals surface area contributed by atoms with E-state index in [1.54, 1.807) is 0 Å². The lowest BCUT2D eigenvalue weighted by Gasteiger charge is -2.14. The maximum absolute atomic E-state index is 12.5. The van der Waals surface area contributed by atoms with Gasteiger partial charge in [-0.2, -0.15) is 13.2 Å². The molecule has 1 aromatic heterocycles. The molecular formula is C8H3ClF5NO. The van der Waals surface area contributed by atoms with Crippen LogP contribution in [0.1, 0.15) is 27.9 Å². The Morgan fingerprint density at radius 1 is 1.38 bits per heavy atom. The number of carbonyl (C=O) groups excluding carboxylic acids is 1. The third-order valence-corrected chi connectivity index (χ3v) is 2.03. The van der Waals surface area contributed by atoms with E-state index in [4.69, 9.17) is 11.6 Å². The molecule has 8 heteroatoms. The second-order valence-electron chi connectivity index (χ2n) is 2.71. The highest BCUT2D eigenvalue weighted by molar-refractivity contribution is 6.31. The topological polar surface area (TPSA) is 30.0 Å². The Kier molecular flexibility index (Phi) is 3.47. The number of rotatable bonds is 2. The van der Waals surface area contributed by atoms with Gasteiger partial charge in [-0.25, -0.2) is 13.8 Å². The summed E-state index contributed by atoms with van der Waals surface area (Å²) in [5.74, 6) is 0. The largest absolute Gasteiger partial charge is 0.417 e. The fourth-order valence-electron chi connectivity index (χ4n) is 1.11. The molecule has 0 radical (unpaired) electrons. The van der Waals surface area contributed by atoms with Crippen molar-refractivity contribution in [2.45, 2.75) is 12.6 Å². The lowest BCUT2D eigenvalue weighted by atomic mass is 10.1. The lowest BCUT2D eigenvalue weighted by Crippen LogP contribution is -2.14. The molecule has 0 aliphatic rings. The van der Waals surface area contributed by atoms with Crippen LogP contribution in [-0.2, 0) is 6.18 Å². The number of hydrogen-bond donors (Lipinski definition) is 0. The fourth-order valence-corrected chi connectivity index (χ4v) is 1.30. The van der Waals surface area contributed by atoms with Gasteiger partial charge in [0.25, 0.3) is 6.43 Å². The summed E-state index contributed by atoms with van der Waals surface area (Å²) in [5.41, 5.74) is -4.18. The quantitative estimate of drug-likeness (QED) is 0.462. The van der Waals surface area contributed by atoms with Crippen LogP contribution in [0.15, 0.2) is 6.20 Å². The predicted molar refractivity (Wildman–Crippen MR) is 44.6 cm³/mol. The van der Waals surface area contributed by atoms with E-state index in [-0.39, 0.29) is 6.29 Å². The smallest absolute Gasteiger partial charge is 0.298 e. The molecule has 0 unspecified atom stereocenters. The van der Waals surface area contributed by atoms with Crippen LogP contribution in [0.2, 0.25) is 5.15 Å². The SMILES string of the molecule is O=Cc1c(Cl)ncc(C(F)F)c1C(F)(F)F. The average molecular weight is 260 g/mol. The van der Waals surface area contributed by atoms with E-state index in [2.05, 4.69) is 4.98 Å². The minimum Gasteiger partial charge on any atom is -0.298 e. The molecular weight excluding hydrogens is 257 g/mol. The predicted octanol–water partition coefficient (Wildman–Crippen LogP) is 3.50. The first-order chi connectivity index (χ1) is 7.29. The van der Waals surface area contributed by atoms with Crippen LogP contribution < -0.4 is 0 Å². The van der Waals surface area contributed by atoms with Gasteiger partial charge >= 0.3 is 6.18 Å². The van der Waals surface area contributed by atoms with E-state index in [1.807, 2.05) is 0 Å². The Labute approximate surface area is 91.0 Å². The van der Waals surface area contributed by atoms with Crippen LogP contribution in [-0.4, -0.2) is 11.3 Å². The van der Waals surface area contributed by atoms with Gasteiger partial charge in [-0.3, -0.25) is 4.79 Å². The molecule has 0 fully saturated rings. The van der Waals surface area contributed by atoms with Crippen LogP contribution >= 0.6 is 11.6 Å². The molecule has 1 rings (SSSR count). The van der Waals surface area contributed by atoms with Crippen LogP contribution in [0.25, 0.3) is 0 Å². The summed E-state index contributed by atoms with van der Waals surface area (Å²) in [6, 6.07) is 0. The molecule has 0 saturated heterocycles. The van der Waals surface area contributed by atoms with Gasteiger partial charge in [-0.05, 0) is 0 Å². The highest BCUT2D eigenvalue weighted by Crippen LogP contribution is 2.39. The molecule has 16 heavy (non-hydrogen) atoms. The standard InChI is InChI=1S/C8H3ClF5NO/c9-6-4(2-16)5(8(12,13)14)3(1-15-6)7(10)11/h1-2,7H. The molecule has 0 aliphatic heterocycles.